The molecule has 0 saturated carbocycles. The summed E-state index contributed by atoms with van der Waals surface area (Å²) in [7, 11) is 0. The normalized spacial score (nSPS) is 12.4. The van der Waals surface area contributed by atoms with E-state index in [9.17, 15) is 0 Å². The van der Waals surface area contributed by atoms with E-state index in [1.54, 1.807) is 0 Å². The van der Waals surface area contributed by atoms with Crippen LogP contribution in [0, 0.1) is 12.8 Å². The summed E-state index contributed by atoms with van der Waals surface area (Å²) in [4.78, 5) is 0. The predicted molar refractivity (Wildman–Crippen MR) is 163 cm³/mol. The van der Waals surface area contributed by atoms with Gasteiger partial charge in [-0.25, -0.2) is 0 Å². The Bertz CT molecular complexity index is 346. The molecule has 0 aliphatic heterocycles. The first-order chi connectivity index (χ1) is 17.3. The standard InChI is InChI=1S/C35H71/c1-4-6-8-10-11-12-13-14-15-16-17-18-19-20-21-22-23-24-25-26-27-28-30-32-34-35(3)33-31-29-9-7-5-2/h35H,3-34H2,1-2H3. The Labute approximate surface area is 225 Å². The molecule has 0 N–H and O–H groups in total. The fraction of sp³-hybridized carbons (Fsp3) is 0.971. The maximum absolute atomic E-state index is 4.38. The maximum atomic E-state index is 4.38. The van der Waals surface area contributed by atoms with Crippen molar-refractivity contribution in [3.8, 4) is 0 Å². The van der Waals surface area contributed by atoms with E-state index in [4.69, 9.17) is 0 Å². The van der Waals surface area contributed by atoms with Gasteiger partial charge in [0.2, 0.25) is 0 Å². The van der Waals surface area contributed by atoms with E-state index in [1.807, 2.05) is 0 Å². The quantitative estimate of drug-likeness (QED) is 0.0845. The van der Waals surface area contributed by atoms with Crippen LogP contribution in [0.15, 0.2) is 0 Å². The van der Waals surface area contributed by atoms with Gasteiger partial charge in [-0.3, -0.25) is 0 Å². The molecule has 0 aromatic rings. The van der Waals surface area contributed by atoms with Crippen molar-refractivity contribution < 1.29 is 0 Å². The first kappa shape index (κ1) is 35.0. The van der Waals surface area contributed by atoms with Gasteiger partial charge in [0.25, 0.3) is 0 Å². The van der Waals surface area contributed by atoms with E-state index >= 15 is 0 Å². The Morgan fingerprint density at radius 1 is 0.286 bits per heavy atom. The zero-order chi connectivity index (χ0) is 25.5. The molecule has 0 amide bonds. The van der Waals surface area contributed by atoms with E-state index in [0.29, 0.717) is 0 Å². The Hall–Kier alpha value is 0. The van der Waals surface area contributed by atoms with Gasteiger partial charge >= 0.3 is 0 Å². The number of unbranched alkanes of at least 4 members (excludes halogenated alkanes) is 27. The topological polar surface area (TPSA) is 0 Å². The first-order valence-electron chi connectivity index (χ1n) is 17.1. The van der Waals surface area contributed by atoms with Gasteiger partial charge in [0, 0.05) is 0 Å². The van der Waals surface area contributed by atoms with E-state index < -0.39 is 0 Å². The molecule has 0 heterocycles. The highest BCUT2D eigenvalue weighted by atomic mass is 14.1. The van der Waals surface area contributed by atoms with Crippen LogP contribution in [0.4, 0.5) is 0 Å². The molecule has 0 aromatic carbocycles. The van der Waals surface area contributed by atoms with Crippen LogP contribution in [0.5, 0.6) is 0 Å². The molecule has 0 fully saturated rings. The lowest BCUT2D eigenvalue weighted by Crippen LogP contribution is -1.95. The molecule has 1 atom stereocenters. The summed E-state index contributed by atoms with van der Waals surface area (Å²) < 4.78 is 0. The van der Waals surface area contributed by atoms with Crippen LogP contribution in [0.25, 0.3) is 0 Å². The summed E-state index contributed by atoms with van der Waals surface area (Å²) in [6.45, 7) is 8.99. The summed E-state index contributed by atoms with van der Waals surface area (Å²) in [5.41, 5.74) is 0. The number of hydrogen-bond donors (Lipinski definition) is 0. The van der Waals surface area contributed by atoms with Gasteiger partial charge in [-0.1, -0.05) is 220 Å². The zero-order valence-electron chi connectivity index (χ0n) is 25.2. The molecule has 0 aliphatic rings. The van der Waals surface area contributed by atoms with Crippen LogP contribution in [0.2, 0.25) is 0 Å². The minimum atomic E-state index is 0.719. The van der Waals surface area contributed by atoms with E-state index in [2.05, 4.69) is 20.8 Å². The molecule has 0 heteroatoms. The van der Waals surface area contributed by atoms with Crippen molar-refractivity contribution >= 4 is 0 Å². The Kier molecular flexibility index (Phi) is 32.0. The van der Waals surface area contributed by atoms with Crippen molar-refractivity contribution in [1.29, 1.82) is 0 Å². The third kappa shape index (κ3) is 32.0. The van der Waals surface area contributed by atoms with Crippen molar-refractivity contribution in [3.63, 3.8) is 0 Å². The highest BCUT2D eigenvalue weighted by Gasteiger charge is 2.02. The van der Waals surface area contributed by atoms with Crippen molar-refractivity contribution in [2.75, 3.05) is 0 Å². The van der Waals surface area contributed by atoms with Crippen LogP contribution in [0.3, 0.4) is 0 Å². The summed E-state index contributed by atoms with van der Waals surface area (Å²) in [5, 5.41) is 0. The van der Waals surface area contributed by atoms with E-state index in [0.717, 1.165) is 5.92 Å². The molecule has 0 aliphatic carbocycles. The molecule has 0 spiro atoms. The average Bonchev–Trinajstić information content (AvgIpc) is 2.86. The van der Waals surface area contributed by atoms with Crippen LogP contribution in [-0.2, 0) is 0 Å². The molecule has 35 heavy (non-hydrogen) atoms. The average molecular weight is 492 g/mol. The van der Waals surface area contributed by atoms with Crippen molar-refractivity contribution in [1.82, 2.24) is 0 Å². The van der Waals surface area contributed by atoms with Gasteiger partial charge in [0.05, 0.1) is 0 Å². The molecule has 0 rings (SSSR count). The molecule has 1 radical (unpaired) electrons. The van der Waals surface area contributed by atoms with Gasteiger partial charge < -0.3 is 0 Å². The lowest BCUT2D eigenvalue weighted by atomic mass is 9.96. The molecule has 1 unspecified atom stereocenters. The smallest absolute Gasteiger partial charge is 0.0414 e. The predicted octanol–water partition coefficient (Wildman–Crippen LogP) is 13.6. The van der Waals surface area contributed by atoms with Crippen LogP contribution in [-0.4, -0.2) is 0 Å². The third-order valence-electron chi connectivity index (χ3n) is 8.18. The Balaban J connectivity index is 3.07. The Morgan fingerprint density at radius 2 is 0.457 bits per heavy atom. The molecule has 0 nitrogen and oxygen atoms in total. The SMILES string of the molecule is [CH2]C(CCCCCCC)CCCCCCCCCCCCCCCCCCCCCCCCCC. The molecular weight excluding hydrogens is 420 g/mol. The molecule has 0 saturated heterocycles. The molecular formula is C35H71. The second kappa shape index (κ2) is 32.0. The van der Waals surface area contributed by atoms with Gasteiger partial charge in [-0.05, 0) is 5.92 Å². The summed E-state index contributed by atoms with van der Waals surface area (Å²) in [5.74, 6) is 0.719. The van der Waals surface area contributed by atoms with E-state index in [1.165, 1.54) is 199 Å². The first-order valence-corrected chi connectivity index (χ1v) is 17.1. The minimum absolute atomic E-state index is 0.719. The van der Waals surface area contributed by atoms with Gasteiger partial charge in [0.15, 0.2) is 0 Å². The maximum Gasteiger partial charge on any atom is -0.0414 e. The summed E-state index contributed by atoms with van der Waals surface area (Å²) in [6, 6.07) is 0. The fourth-order valence-corrected chi connectivity index (χ4v) is 5.58. The lowest BCUT2D eigenvalue weighted by Gasteiger charge is -2.10. The van der Waals surface area contributed by atoms with Crippen LogP contribution < -0.4 is 0 Å². The van der Waals surface area contributed by atoms with Gasteiger partial charge in [-0.15, -0.1) is 0 Å². The van der Waals surface area contributed by atoms with Crippen LogP contribution >= 0.6 is 0 Å². The third-order valence-corrected chi connectivity index (χ3v) is 8.18. The van der Waals surface area contributed by atoms with Crippen molar-refractivity contribution in [2.45, 2.75) is 213 Å². The van der Waals surface area contributed by atoms with Crippen molar-refractivity contribution in [2.24, 2.45) is 5.92 Å². The van der Waals surface area contributed by atoms with Crippen molar-refractivity contribution in [3.05, 3.63) is 6.92 Å². The second-order valence-corrected chi connectivity index (χ2v) is 12.0. The molecule has 0 bridgehead atoms. The summed E-state index contributed by atoms with van der Waals surface area (Å²) >= 11 is 0. The fourth-order valence-electron chi connectivity index (χ4n) is 5.58. The molecule has 211 valence electrons. The monoisotopic (exact) mass is 492 g/mol. The lowest BCUT2D eigenvalue weighted by molar-refractivity contribution is 0.462. The van der Waals surface area contributed by atoms with Crippen LogP contribution in [0.1, 0.15) is 213 Å². The Morgan fingerprint density at radius 3 is 0.657 bits per heavy atom. The zero-order valence-corrected chi connectivity index (χ0v) is 25.2. The highest BCUT2D eigenvalue weighted by Crippen LogP contribution is 2.19. The van der Waals surface area contributed by atoms with Gasteiger partial charge in [0.1, 0.15) is 0 Å². The number of hydrogen-bond acceptors (Lipinski definition) is 0. The van der Waals surface area contributed by atoms with E-state index in [-0.39, 0.29) is 0 Å². The highest BCUT2D eigenvalue weighted by molar-refractivity contribution is 4.62. The van der Waals surface area contributed by atoms with Gasteiger partial charge in [-0.2, -0.15) is 0 Å². The minimum Gasteiger partial charge on any atom is -0.0654 e. The largest absolute Gasteiger partial charge is 0.0654 e. The summed E-state index contributed by atoms with van der Waals surface area (Å²) in [6.07, 6.45) is 45.1. The number of rotatable bonds is 31. The second-order valence-electron chi connectivity index (χ2n) is 12.0. The molecule has 0 aromatic heterocycles.